The van der Waals surface area contributed by atoms with Gasteiger partial charge in [0.25, 0.3) is 0 Å². The largest absolute Gasteiger partial charge is 0.507 e. The minimum atomic E-state index is -1.28. The van der Waals surface area contributed by atoms with Gasteiger partial charge in [-0.25, -0.2) is 9.78 Å². The lowest BCUT2D eigenvalue weighted by Gasteiger charge is -2.28. The number of anilines is 1. The monoisotopic (exact) mass is 592 g/mol. The highest BCUT2D eigenvalue weighted by Gasteiger charge is 2.43. The van der Waals surface area contributed by atoms with Crippen molar-refractivity contribution >= 4 is 40.0 Å². The van der Waals surface area contributed by atoms with E-state index >= 15 is 0 Å². The number of carbonyl (C=O) groups excluding carboxylic acids is 3. The van der Waals surface area contributed by atoms with Gasteiger partial charge in [0.2, 0.25) is 5.91 Å². The molecule has 0 aliphatic heterocycles. The van der Waals surface area contributed by atoms with E-state index in [9.17, 15) is 29.4 Å². The smallest absolute Gasteiger partial charge is 0.336 e. The van der Waals surface area contributed by atoms with Crippen LogP contribution >= 0.6 is 0 Å². The van der Waals surface area contributed by atoms with Crippen LogP contribution in [-0.4, -0.2) is 38.6 Å². The molecule has 1 aliphatic carbocycles. The number of ketones is 2. The first-order valence-electron chi connectivity index (χ1n) is 14.6. The third kappa shape index (κ3) is 5.60. The minimum Gasteiger partial charge on any atom is -0.507 e. The Hall–Kier alpha value is -4.85. The molecule has 1 unspecified atom stereocenters. The molecule has 0 saturated heterocycles. The van der Waals surface area contributed by atoms with Crippen molar-refractivity contribution in [3.8, 4) is 5.75 Å². The predicted octanol–water partition coefficient (Wildman–Crippen LogP) is 6.97. The second-order valence-electron chi connectivity index (χ2n) is 13.4. The van der Waals surface area contributed by atoms with Crippen molar-refractivity contribution in [3.05, 3.63) is 99.7 Å². The van der Waals surface area contributed by atoms with Gasteiger partial charge in [-0.05, 0) is 52.1 Å². The van der Waals surface area contributed by atoms with E-state index in [0.717, 1.165) is 16.7 Å². The van der Waals surface area contributed by atoms with Crippen LogP contribution in [0.1, 0.15) is 107 Å². The molecule has 1 aromatic heterocycles. The molecule has 0 saturated carbocycles. The molecule has 1 amide bonds. The lowest BCUT2D eigenvalue weighted by atomic mass is 9.78. The molecule has 8 nitrogen and oxygen atoms in total. The zero-order valence-corrected chi connectivity index (χ0v) is 25.7. The number of aryl methyl sites for hydroxylation is 1. The molecule has 4 aromatic rings. The number of fused-ring (bicyclic) bond motifs is 2. The molecular formula is C36H36N2O6. The number of nitrogens with one attached hydrogen (secondary N) is 1. The van der Waals surface area contributed by atoms with Crippen LogP contribution in [-0.2, 0) is 22.0 Å². The Labute approximate surface area is 256 Å². The molecule has 0 bridgehead atoms. The molecule has 1 atom stereocenters. The molecule has 0 radical (unpaired) electrons. The number of aromatic nitrogens is 1. The maximum atomic E-state index is 13.3. The van der Waals surface area contributed by atoms with Crippen molar-refractivity contribution in [2.75, 3.05) is 5.32 Å². The van der Waals surface area contributed by atoms with Crippen molar-refractivity contribution in [2.24, 2.45) is 0 Å². The molecule has 8 heteroatoms. The Morgan fingerprint density at radius 3 is 2.11 bits per heavy atom. The van der Waals surface area contributed by atoms with Crippen LogP contribution in [0.25, 0.3) is 10.9 Å². The van der Waals surface area contributed by atoms with Crippen molar-refractivity contribution in [2.45, 2.75) is 71.1 Å². The summed E-state index contributed by atoms with van der Waals surface area (Å²) in [6, 6.07) is 16.8. The maximum Gasteiger partial charge on any atom is 0.336 e. The van der Waals surface area contributed by atoms with Crippen molar-refractivity contribution in [1.82, 2.24) is 4.98 Å². The number of aromatic carboxylic acids is 1. The SMILES string of the molecule is CC(C)(C)c1cc(CCC(=O)Nc2cccc3ccc(C4C(=O)c5cccc(C(=O)O)c5C4=O)nc23)cc(C(C)(C)C)c1O. The summed E-state index contributed by atoms with van der Waals surface area (Å²) in [6.45, 7) is 12.3. The molecule has 1 aliphatic rings. The average molecular weight is 593 g/mol. The molecule has 0 spiro atoms. The third-order valence-electron chi connectivity index (χ3n) is 8.07. The van der Waals surface area contributed by atoms with Crippen LogP contribution < -0.4 is 5.32 Å². The zero-order chi connectivity index (χ0) is 32.1. The van der Waals surface area contributed by atoms with Crippen LogP contribution in [0.15, 0.2) is 60.7 Å². The van der Waals surface area contributed by atoms with E-state index in [2.05, 4.69) is 10.3 Å². The van der Waals surface area contributed by atoms with E-state index in [4.69, 9.17) is 0 Å². The fourth-order valence-electron chi connectivity index (χ4n) is 5.77. The standard InChI is InChI=1S/C36H36N2O6/c1-35(2,3)23-17-19(18-24(32(23)41)36(4,5)6)13-16-27(39)37-26-12-7-9-20-14-15-25(38-30(20)26)29-31(40)21-10-8-11-22(34(43)44)28(21)33(29)42/h7-12,14-15,17-18,29,41H,13,16H2,1-6H3,(H,37,39)(H,43,44). The molecule has 0 fully saturated rings. The van der Waals surface area contributed by atoms with Gasteiger partial charge in [-0.15, -0.1) is 0 Å². The number of rotatable bonds is 6. The molecule has 1 heterocycles. The Morgan fingerprint density at radius 2 is 1.50 bits per heavy atom. The number of carboxylic acids is 1. The Kier molecular flexibility index (Phi) is 7.66. The van der Waals surface area contributed by atoms with Gasteiger partial charge in [-0.1, -0.05) is 84.0 Å². The number of carboxylic acid groups (broad SMARTS) is 1. The third-order valence-corrected chi connectivity index (χ3v) is 8.07. The summed E-state index contributed by atoms with van der Waals surface area (Å²) >= 11 is 0. The average Bonchev–Trinajstić information content (AvgIpc) is 3.20. The Bertz CT molecular complexity index is 1820. The van der Waals surface area contributed by atoms with Gasteiger partial charge in [-0.2, -0.15) is 0 Å². The van der Waals surface area contributed by atoms with Crippen molar-refractivity contribution in [1.29, 1.82) is 0 Å². The van der Waals surface area contributed by atoms with Crippen LogP contribution in [0.4, 0.5) is 5.69 Å². The summed E-state index contributed by atoms with van der Waals surface area (Å²) in [7, 11) is 0. The first kappa shape index (κ1) is 30.6. The lowest BCUT2D eigenvalue weighted by molar-refractivity contribution is -0.116. The van der Waals surface area contributed by atoms with Gasteiger partial charge in [-0.3, -0.25) is 14.4 Å². The van der Waals surface area contributed by atoms with Gasteiger partial charge < -0.3 is 15.5 Å². The highest BCUT2D eigenvalue weighted by molar-refractivity contribution is 6.31. The van der Waals surface area contributed by atoms with Gasteiger partial charge in [0.15, 0.2) is 11.6 Å². The number of hydrogen-bond acceptors (Lipinski definition) is 6. The predicted molar refractivity (Wildman–Crippen MR) is 169 cm³/mol. The Morgan fingerprint density at radius 1 is 0.864 bits per heavy atom. The van der Waals surface area contributed by atoms with Crippen LogP contribution in [0.2, 0.25) is 0 Å². The van der Waals surface area contributed by atoms with Crippen molar-refractivity contribution in [3.63, 3.8) is 0 Å². The number of phenolic OH excluding ortho intramolecular Hbond substituents is 1. The Balaban J connectivity index is 1.41. The molecule has 226 valence electrons. The van der Waals surface area contributed by atoms with Crippen molar-refractivity contribution < 1.29 is 29.4 Å². The maximum absolute atomic E-state index is 13.3. The zero-order valence-electron chi connectivity index (χ0n) is 25.7. The van der Waals surface area contributed by atoms with Gasteiger partial charge in [0.05, 0.1) is 22.5 Å². The van der Waals surface area contributed by atoms with Crippen LogP contribution in [0.3, 0.4) is 0 Å². The van der Waals surface area contributed by atoms with E-state index in [0.29, 0.717) is 23.0 Å². The van der Waals surface area contributed by atoms with E-state index in [-0.39, 0.29) is 51.3 Å². The lowest BCUT2D eigenvalue weighted by Crippen LogP contribution is -2.18. The number of benzene rings is 3. The number of hydrogen-bond donors (Lipinski definition) is 3. The number of amides is 1. The molecule has 3 aromatic carbocycles. The number of nitrogens with zero attached hydrogens (tertiary/aromatic N) is 1. The summed E-state index contributed by atoms with van der Waals surface area (Å²) in [5.74, 6) is -3.59. The number of aromatic hydroxyl groups is 1. The van der Waals surface area contributed by atoms with Gasteiger partial charge in [0, 0.05) is 22.9 Å². The quantitative estimate of drug-likeness (QED) is 0.206. The molecule has 44 heavy (non-hydrogen) atoms. The van der Waals surface area contributed by atoms with E-state index in [1.165, 1.54) is 18.2 Å². The summed E-state index contributed by atoms with van der Waals surface area (Å²) < 4.78 is 0. The van der Waals surface area contributed by atoms with E-state index < -0.39 is 23.5 Å². The van der Waals surface area contributed by atoms with Crippen LogP contribution in [0.5, 0.6) is 5.75 Å². The topological polar surface area (TPSA) is 134 Å². The van der Waals surface area contributed by atoms with Gasteiger partial charge >= 0.3 is 5.97 Å². The number of pyridine rings is 1. The first-order chi connectivity index (χ1) is 20.6. The second-order valence-corrected chi connectivity index (χ2v) is 13.4. The minimum absolute atomic E-state index is 0.0712. The number of Topliss-reactive ketones (excluding diaryl/α,β-unsaturated/α-hetero) is 2. The molecular weight excluding hydrogens is 556 g/mol. The summed E-state index contributed by atoms with van der Waals surface area (Å²) in [6.07, 6.45) is 0.637. The fourth-order valence-corrected chi connectivity index (χ4v) is 5.77. The number of para-hydroxylation sites is 1. The normalized spacial score (nSPS) is 15.0. The summed E-state index contributed by atoms with van der Waals surface area (Å²) in [4.78, 5) is 56.2. The van der Waals surface area contributed by atoms with E-state index in [1.54, 1.807) is 24.3 Å². The molecule has 5 rings (SSSR count). The van der Waals surface area contributed by atoms with Crippen LogP contribution in [0, 0.1) is 0 Å². The first-order valence-corrected chi connectivity index (χ1v) is 14.6. The second kappa shape index (κ2) is 11.0. The number of phenols is 1. The highest BCUT2D eigenvalue weighted by Crippen LogP contribution is 2.40. The number of carbonyl (C=O) groups is 4. The highest BCUT2D eigenvalue weighted by atomic mass is 16.4. The summed E-state index contributed by atoms with van der Waals surface area (Å²) in [5.41, 5.74) is 2.85. The van der Waals surface area contributed by atoms with E-state index in [1.807, 2.05) is 59.7 Å². The van der Waals surface area contributed by atoms with Gasteiger partial charge in [0.1, 0.15) is 11.7 Å². The summed E-state index contributed by atoms with van der Waals surface area (Å²) in [5, 5.41) is 24.2. The molecule has 3 N–H and O–H groups in total. The fraction of sp³-hybridized carbons (Fsp3) is 0.306.